The van der Waals surface area contributed by atoms with E-state index in [9.17, 15) is 4.79 Å². The van der Waals surface area contributed by atoms with Crippen LogP contribution in [0.25, 0.3) is 0 Å². The van der Waals surface area contributed by atoms with Gasteiger partial charge >= 0.3 is 0 Å². The van der Waals surface area contributed by atoms with E-state index in [-0.39, 0.29) is 5.91 Å². The number of carbonyl (C=O) groups excluding carboxylic acids is 1. The third-order valence-corrected chi connectivity index (χ3v) is 4.07. The molecule has 0 aromatic heterocycles. The maximum Gasteiger partial charge on any atom is 0.220 e. The number of carbonyl (C=O) groups is 1. The number of anilines is 1. The topological polar surface area (TPSA) is 41.6 Å². The molecule has 2 rings (SSSR count). The Hall–Kier alpha value is -1.71. The molecule has 21 heavy (non-hydrogen) atoms. The van der Waals surface area contributed by atoms with E-state index in [1.165, 1.54) is 5.69 Å². The van der Waals surface area contributed by atoms with Gasteiger partial charge < -0.3 is 15.0 Å². The summed E-state index contributed by atoms with van der Waals surface area (Å²) in [5.74, 6) is 1.63. The molecule has 0 bridgehead atoms. The Morgan fingerprint density at radius 2 is 2.14 bits per heavy atom. The number of hydrogen-bond donors (Lipinski definition) is 1. The largest absolute Gasteiger partial charge is 0.497 e. The number of ether oxygens (including phenoxy) is 1. The molecule has 1 heterocycles. The number of nitrogens with one attached hydrogen (secondary N) is 1. The Kier molecular flexibility index (Phi) is 5.90. The second kappa shape index (κ2) is 7.91. The number of methoxy groups -OCH3 is 1. The molecule has 1 unspecified atom stereocenters. The molecule has 1 fully saturated rings. The normalized spacial score (nSPS) is 17.8. The number of amides is 1. The molecule has 1 aliphatic rings. The van der Waals surface area contributed by atoms with Gasteiger partial charge in [0.25, 0.3) is 0 Å². The number of unbranched alkanes of at least 4 members (excludes halogenated alkanes) is 1. The molecule has 4 heteroatoms. The number of hydrogen-bond acceptors (Lipinski definition) is 3. The van der Waals surface area contributed by atoms with Crippen LogP contribution >= 0.6 is 0 Å². The van der Waals surface area contributed by atoms with Gasteiger partial charge in [-0.25, -0.2) is 0 Å². The standard InChI is InChI=1S/C17H26N2O2/c1-3-4-5-17(20)18-12-14-10-11-19(13-14)15-6-8-16(21-2)9-7-15/h6-9,14H,3-5,10-13H2,1-2H3,(H,18,20). The van der Waals surface area contributed by atoms with Crippen molar-refractivity contribution in [2.75, 3.05) is 31.6 Å². The first kappa shape index (κ1) is 15.7. The van der Waals surface area contributed by atoms with Crippen molar-refractivity contribution in [3.8, 4) is 5.75 Å². The minimum atomic E-state index is 0.194. The van der Waals surface area contributed by atoms with Gasteiger partial charge in [-0.1, -0.05) is 13.3 Å². The first-order chi connectivity index (χ1) is 10.2. The van der Waals surface area contributed by atoms with Gasteiger partial charge in [-0.05, 0) is 43.0 Å². The summed E-state index contributed by atoms with van der Waals surface area (Å²) in [6.45, 7) is 4.98. The average molecular weight is 290 g/mol. The molecule has 1 saturated heterocycles. The van der Waals surface area contributed by atoms with Gasteiger partial charge in [-0.2, -0.15) is 0 Å². The number of benzene rings is 1. The maximum atomic E-state index is 11.6. The van der Waals surface area contributed by atoms with E-state index in [2.05, 4.69) is 29.3 Å². The zero-order valence-electron chi connectivity index (χ0n) is 13.1. The molecule has 1 amide bonds. The molecular formula is C17H26N2O2. The summed E-state index contributed by atoms with van der Waals surface area (Å²) in [6, 6.07) is 8.19. The molecule has 0 aliphatic carbocycles. The van der Waals surface area contributed by atoms with Gasteiger partial charge in [0.15, 0.2) is 0 Å². The molecular weight excluding hydrogens is 264 g/mol. The lowest BCUT2D eigenvalue weighted by molar-refractivity contribution is -0.121. The van der Waals surface area contributed by atoms with E-state index in [1.807, 2.05) is 12.1 Å². The monoisotopic (exact) mass is 290 g/mol. The molecule has 1 aromatic rings. The molecule has 0 radical (unpaired) electrons. The average Bonchev–Trinajstić information content (AvgIpc) is 3.00. The zero-order valence-corrected chi connectivity index (χ0v) is 13.1. The summed E-state index contributed by atoms with van der Waals surface area (Å²) in [4.78, 5) is 14.0. The summed E-state index contributed by atoms with van der Waals surface area (Å²) in [7, 11) is 1.68. The third-order valence-electron chi connectivity index (χ3n) is 4.07. The molecule has 0 spiro atoms. The van der Waals surface area contributed by atoms with Crippen LogP contribution in [0.3, 0.4) is 0 Å². The zero-order chi connectivity index (χ0) is 15.1. The second-order valence-electron chi connectivity index (χ2n) is 5.71. The van der Waals surface area contributed by atoms with Crippen LogP contribution in [0.2, 0.25) is 0 Å². The van der Waals surface area contributed by atoms with E-state index in [1.54, 1.807) is 7.11 Å². The van der Waals surface area contributed by atoms with E-state index < -0.39 is 0 Å². The van der Waals surface area contributed by atoms with Gasteiger partial charge in [-0.15, -0.1) is 0 Å². The highest BCUT2D eigenvalue weighted by molar-refractivity contribution is 5.75. The van der Waals surface area contributed by atoms with Crippen molar-refractivity contribution >= 4 is 11.6 Å². The first-order valence-corrected chi connectivity index (χ1v) is 7.88. The number of rotatable bonds is 7. The highest BCUT2D eigenvalue weighted by atomic mass is 16.5. The Morgan fingerprint density at radius 3 is 2.81 bits per heavy atom. The lowest BCUT2D eigenvalue weighted by Crippen LogP contribution is -2.30. The predicted octanol–water partition coefficient (Wildman–Crippen LogP) is 2.83. The van der Waals surface area contributed by atoms with Crippen LogP contribution < -0.4 is 15.0 Å². The van der Waals surface area contributed by atoms with Crippen molar-refractivity contribution < 1.29 is 9.53 Å². The Bertz CT molecular complexity index is 445. The minimum Gasteiger partial charge on any atom is -0.497 e. The Labute approximate surface area is 127 Å². The first-order valence-electron chi connectivity index (χ1n) is 7.88. The van der Waals surface area contributed by atoms with Crippen molar-refractivity contribution in [1.82, 2.24) is 5.32 Å². The lowest BCUT2D eigenvalue weighted by Gasteiger charge is -2.19. The van der Waals surface area contributed by atoms with Gasteiger partial charge in [0, 0.05) is 31.7 Å². The predicted molar refractivity (Wildman–Crippen MR) is 85.8 cm³/mol. The summed E-state index contributed by atoms with van der Waals surface area (Å²) in [5, 5.41) is 3.06. The molecule has 1 aliphatic heterocycles. The van der Waals surface area contributed by atoms with Crippen molar-refractivity contribution in [1.29, 1.82) is 0 Å². The van der Waals surface area contributed by atoms with Crippen molar-refractivity contribution in [2.45, 2.75) is 32.6 Å². The molecule has 4 nitrogen and oxygen atoms in total. The number of nitrogens with zero attached hydrogens (tertiary/aromatic N) is 1. The van der Waals surface area contributed by atoms with Crippen LogP contribution in [0.5, 0.6) is 5.75 Å². The molecule has 116 valence electrons. The fourth-order valence-electron chi connectivity index (χ4n) is 2.71. The van der Waals surface area contributed by atoms with Crippen LogP contribution in [0.4, 0.5) is 5.69 Å². The summed E-state index contributed by atoms with van der Waals surface area (Å²) < 4.78 is 5.18. The van der Waals surface area contributed by atoms with E-state index in [0.29, 0.717) is 12.3 Å². The minimum absolute atomic E-state index is 0.194. The maximum absolute atomic E-state index is 11.6. The van der Waals surface area contributed by atoms with Crippen molar-refractivity contribution in [3.63, 3.8) is 0 Å². The van der Waals surface area contributed by atoms with Gasteiger partial charge in [0.1, 0.15) is 5.75 Å². The third kappa shape index (κ3) is 4.66. The fourth-order valence-corrected chi connectivity index (χ4v) is 2.71. The highest BCUT2D eigenvalue weighted by Crippen LogP contribution is 2.25. The van der Waals surface area contributed by atoms with Crippen LogP contribution in [0.1, 0.15) is 32.6 Å². The summed E-state index contributed by atoms with van der Waals surface area (Å²) in [6.07, 6.45) is 3.85. The van der Waals surface area contributed by atoms with Crippen molar-refractivity contribution in [2.24, 2.45) is 5.92 Å². The summed E-state index contributed by atoms with van der Waals surface area (Å²) in [5.41, 5.74) is 1.23. The van der Waals surface area contributed by atoms with Crippen LogP contribution in [0, 0.1) is 5.92 Å². The van der Waals surface area contributed by atoms with E-state index in [0.717, 1.165) is 44.6 Å². The quantitative estimate of drug-likeness (QED) is 0.839. The Morgan fingerprint density at radius 1 is 1.38 bits per heavy atom. The Balaban J connectivity index is 1.76. The van der Waals surface area contributed by atoms with Crippen molar-refractivity contribution in [3.05, 3.63) is 24.3 Å². The van der Waals surface area contributed by atoms with Gasteiger partial charge in [0.05, 0.1) is 7.11 Å². The molecule has 1 N–H and O–H groups in total. The fraction of sp³-hybridized carbons (Fsp3) is 0.588. The second-order valence-corrected chi connectivity index (χ2v) is 5.71. The van der Waals surface area contributed by atoms with Gasteiger partial charge in [-0.3, -0.25) is 4.79 Å². The van der Waals surface area contributed by atoms with E-state index in [4.69, 9.17) is 4.74 Å². The highest BCUT2D eigenvalue weighted by Gasteiger charge is 2.22. The SMILES string of the molecule is CCCCC(=O)NCC1CCN(c2ccc(OC)cc2)C1. The molecule has 0 saturated carbocycles. The van der Waals surface area contributed by atoms with Gasteiger partial charge in [0.2, 0.25) is 5.91 Å². The lowest BCUT2D eigenvalue weighted by atomic mass is 10.1. The smallest absolute Gasteiger partial charge is 0.220 e. The molecule has 1 atom stereocenters. The van der Waals surface area contributed by atoms with Crippen LogP contribution in [-0.4, -0.2) is 32.7 Å². The van der Waals surface area contributed by atoms with E-state index >= 15 is 0 Å². The molecule has 1 aromatic carbocycles. The summed E-state index contributed by atoms with van der Waals surface area (Å²) >= 11 is 0. The van der Waals surface area contributed by atoms with Crippen LogP contribution in [0.15, 0.2) is 24.3 Å². The van der Waals surface area contributed by atoms with Crippen LogP contribution in [-0.2, 0) is 4.79 Å².